The highest BCUT2D eigenvalue weighted by Gasteiger charge is 2.20. The average Bonchev–Trinajstić information content (AvgIpc) is 2.99. The van der Waals surface area contributed by atoms with E-state index in [1.165, 1.54) is 0 Å². The number of hydrogen-bond acceptors (Lipinski definition) is 4. The zero-order valence-corrected chi connectivity index (χ0v) is 18.3. The minimum absolute atomic E-state index is 0.00101. The fourth-order valence-corrected chi connectivity index (χ4v) is 4.90. The number of hydrogen-bond donors (Lipinski definition) is 1. The van der Waals surface area contributed by atoms with E-state index in [2.05, 4.69) is 10.4 Å². The van der Waals surface area contributed by atoms with E-state index in [1.54, 1.807) is 23.7 Å². The van der Waals surface area contributed by atoms with Gasteiger partial charge in [0.05, 0.1) is 29.3 Å². The number of nitrogens with zero attached hydrogens (tertiary/aromatic N) is 2. The van der Waals surface area contributed by atoms with Crippen LogP contribution in [0.2, 0.25) is 5.15 Å². The fraction of sp³-hybridized carbons (Fsp3) is 0.273. The number of sulfone groups is 1. The molecule has 0 radical (unpaired) electrons. The molecule has 0 saturated heterocycles. The van der Waals surface area contributed by atoms with E-state index in [0.717, 1.165) is 11.1 Å². The summed E-state index contributed by atoms with van der Waals surface area (Å²) in [5.41, 5.74) is 2.64. The molecular weight excluding hydrogens is 422 g/mol. The predicted molar refractivity (Wildman–Crippen MR) is 118 cm³/mol. The van der Waals surface area contributed by atoms with Crippen LogP contribution in [-0.4, -0.2) is 36.4 Å². The summed E-state index contributed by atoms with van der Waals surface area (Å²) in [6.45, 7) is 2.44. The molecule has 0 saturated carbocycles. The van der Waals surface area contributed by atoms with Crippen LogP contribution in [0.4, 0.5) is 0 Å². The maximum atomic E-state index is 12.6. The highest BCUT2D eigenvalue weighted by Crippen LogP contribution is 2.21. The molecule has 0 aliphatic carbocycles. The molecule has 0 atom stereocenters. The van der Waals surface area contributed by atoms with Gasteiger partial charge in [-0.15, -0.1) is 0 Å². The number of aryl methyl sites for hydroxylation is 1. The van der Waals surface area contributed by atoms with Gasteiger partial charge in [-0.3, -0.25) is 4.79 Å². The molecule has 1 heterocycles. The number of halogens is 1. The van der Waals surface area contributed by atoms with Crippen molar-refractivity contribution in [1.82, 2.24) is 15.1 Å². The van der Waals surface area contributed by atoms with Crippen molar-refractivity contribution in [3.05, 3.63) is 88.2 Å². The first-order valence-corrected chi connectivity index (χ1v) is 11.8. The van der Waals surface area contributed by atoms with Crippen LogP contribution in [-0.2, 0) is 22.1 Å². The van der Waals surface area contributed by atoms with Crippen molar-refractivity contribution in [2.24, 2.45) is 0 Å². The second-order valence-electron chi connectivity index (χ2n) is 7.08. The van der Waals surface area contributed by atoms with Crippen LogP contribution < -0.4 is 5.32 Å². The molecule has 2 aromatic carbocycles. The molecule has 30 heavy (non-hydrogen) atoms. The van der Waals surface area contributed by atoms with E-state index in [-0.39, 0.29) is 29.1 Å². The maximum absolute atomic E-state index is 12.6. The van der Waals surface area contributed by atoms with Gasteiger partial charge in [0.25, 0.3) is 5.91 Å². The van der Waals surface area contributed by atoms with Gasteiger partial charge >= 0.3 is 0 Å². The smallest absolute Gasteiger partial charge is 0.256 e. The zero-order valence-electron chi connectivity index (χ0n) is 16.7. The number of nitrogens with one attached hydrogen (secondary N) is 1. The molecule has 3 aromatic rings. The molecule has 0 spiro atoms. The van der Waals surface area contributed by atoms with Crippen molar-refractivity contribution < 1.29 is 13.2 Å². The van der Waals surface area contributed by atoms with Gasteiger partial charge in [-0.05, 0) is 24.5 Å². The second-order valence-corrected chi connectivity index (χ2v) is 9.62. The van der Waals surface area contributed by atoms with Crippen LogP contribution >= 0.6 is 11.6 Å². The molecule has 0 bridgehead atoms. The van der Waals surface area contributed by atoms with Crippen molar-refractivity contribution in [1.29, 1.82) is 0 Å². The van der Waals surface area contributed by atoms with Crippen LogP contribution in [0.25, 0.3) is 0 Å². The Hall–Kier alpha value is -2.64. The summed E-state index contributed by atoms with van der Waals surface area (Å²) in [4.78, 5) is 12.6. The molecule has 158 valence electrons. The first kappa shape index (κ1) is 22.1. The standard InChI is InChI=1S/C22H24ClN3O3S/c1-17-20(21(23)26(25-17)15-18-9-4-2-5-10-18)22(27)24-13-8-14-30(28,29)16-19-11-6-3-7-12-19/h2-7,9-12H,8,13-16H2,1H3,(H,24,27). The molecule has 6 nitrogen and oxygen atoms in total. The number of amides is 1. The zero-order chi connectivity index (χ0) is 21.6. The van der Waals surface area contributed by atoms with Crippen LogP contribution in [0, 0.1) is 6.92 Å². The van der Waals surface area contributed by atoms with Gasteiger partial charge in [0.15, 0.2) is 9.84 Å². The number of rotatable bonds is 9. The molecule has 0 aliphatic rings. The van der Waals surface area contributed by atoms with Crippen molar-refractivity contribution in [2.75, 3.05) is 12.3 Å². The molecule has 0 aliphatic heterocycles. The molecule has 1 N–H and O–H groups in total. The Morgan fingerprint density at radius 1 is 1.03 bits per heavy atom. The van der Waals surface area contributed by atoms with E-state index < -0.39 is 9.84 Å². The Balaban J connectivity index is 1.54. The molecule has 0 unspecified atom stereocenters. The third-order valence-corrected chi connectivity index (χ3v) is 6.68. The summed E-state index contributed by atoms with van der Waals surface area (Å²) in [6.07, 6.45) is 0.329. The van der Waals surface area contributed by atoms with Gasteiger partial charge in [-0.25, -0.2) is 13.1 Å². The Labute approximate surface area is 181 Å². The molecular formula is C22H24ClN3O3S. The van der Waals surface area contributed by atoms with Gasteiger partial charge in [-0.1, -0.05) is 72.3 Å². The molecule has 1 amide bonds. The largest absolute Gasteiger partial charge is 0.352 e. The number of carbonyl (C=O) groups is 1. The lowest BCUT2D eigenvalue weighted by Crippen LogP contribution is -2.26. The van der Waals surface area contributed by atoms with Crippen molar-refractivity contribution >= 4 is 27.3 Å². The van der Waals surface area contributed by atoms with Gasteiger partial charge in [0.1, 0.15) is 5.15 Å². The number of benzene rings is 2. The quantitative estimate of drug-likeness (QED) is 0.510. The molecule has 1 aromatic heterocycles. The van der Waals surface area contributed by atoms with Crippen molar-refractivity contribution in [3.8, 4) is 0 Å². The number of carbonyl (C=O) groups excluding carboxylic acids is 1. The highest BCUT2D eigenvalue weighted by atomic mass is 35.5. The van der Waals surface area contributed by atoms with E-state index in [1.807, 2.05) is 48.5 Å². The fourth-order valence-electron chi connectivity index (χ4n) is 3.16. The van der Waals surface area contributed by atoms with Crippen LogP contribution in [0.5, 0.6) is 0 Å². The van der Waals surface area contributed by atoms with Crippen molar-refractivity contribution in [3.63, 3.8) is 0 Å². The summed E-state index contributed by atoms with van der Waals surface area (Å²) >= 11 is 6.39. The van der Waals surface area contributed by atoms with E-state index in [9.17, 15) is 13.2 Å². The molecule has 8 heteroatoms. The summed E-state index contributed by atoms with van der Waals surface area (Å²) in [6, 6.07) is 18.8. The minimum Gasteiger partial charge on any atom is -0.352 e. The van der Waals surface area contributed by atoms with E-state index >= 15 is 0 Å². The monoisotopic (exact) mass is 445 g/mol. The Bertz CT molecular complexity index is 1100. The summed E-state index contributed by atoms with van der Waals surface area (Å²) in [5, 5.41) is 7.39. The highest BCUT2D eigenvalue weighted by molar-refractivity contribution is 7.90. The van der Waals surface area contributed by atoms with E-state index in [4.69, 9.17) is 11.6 Å². The molecule has 3 rings (SSSR count). The normalized spacial score (nSPS) is 11.4. The third kappa shape index (κ3) is 5.93. The topological polar surface area (TPSA) is 81.1 Å². The first-order chi connectivity index (χ1) is 14.4. The SMILES string of the molecule is Cc1nn(Cc2ccccc2)c(Cl)c1C(=O)NCCCS(=O)(=O)Cc1ccccc1. The van der Waals surface area contributed by atoms with Crippen LogP contribution in [0.1, 0.15) is 33.6 Å². The Morgan fingerprint density at radius 3 is 2.27 bits per heavy atom. The average molecular weight is 446 g/mol. The second kappa shape index (κ2) is 9.91. The summed E-state index contributed by atoms with van der Waals surface area (Å²) < 4.78 is 26.1. The van der Waals surface area contributed by atoms with Gasteiger partial charge in [0.2, 0.25) is 0 Å². The number of aromatic nitrogens is 2. The lowest BCUT2D eigenvalue weighted by molar-refractivity contribution is 0.0953. The lowest BCUT2D eigenvalue weighted by atomic mass is 10.2. The first-order valence-electron chi connectivity index (χ1n) is 9.65. The van der Waals surface area contributed by atoms with Crippen LogP contribution in [0.15, 0.2) is 60.7 Å². The van der Waals surface area contributed by atoms with Gasteiger partial charge < -0.3 is 5.32 Å². The Morgan fingerprint density at radius 2 is 1.63 bits per heavy atom. The summed E-state index contributed by atoms with van der Waals surface area (Å²) in [5.74, 6) is -0.349. The predicted octanol–water partition coefficient (Wildman–Crippen LogP) is 3.63. The van der Waals surface area contributed by atoms with Gasteiger partial charge in [-0.2, -0.15) is 5.10 Å². The maximum Gasteiger partial charge on any atom is 0.256 e. The third-order valence-electron chi connectivity index (χ3n) is 4.61. The molecule has 0 fully saturated rings. The van der Waals surface area contributed by atoms with Gasteiger partial charge in [0, 0.05) is 6.54 Å². The van der Waals surface area contributed by atoms with Crippen LogP contribution in [0.3, 0.4) is 0 Å². The minimum atomic E-state index is -3.24. The van der Waals surface area contributed by atoms with E-state index in [0.29, 0.717) is 24.2 Å². The van der Waals surface area contributed by atoms with Crippen molar-refractivity contribution in [2.45, 2.75) is 25.6 Å². The summed E-state index contributed by atoms with van der Waals surface area (Å²) in [7, 11) is -3.24. The lowest BCUT2D eigenvalue weighted by Gasteiger charge is -2.07. The Kier molecular flexibility index (Phi) is 7.29.